The van der Waals surface area contributed by atoms with Crippen LogP contribution in [0.25, 0.3) is 0 Å². The number of nitrogens with two attached hydrogens (primary N) is 1. The second-order valence-corrected chi connectivity index (χ2v) is 1.83. The van der Waals surface area contributed by atoms with Gasteiger partial charge in [-0.3, -0.25) is 5.84 Å². The summed E-state index contributed by atoms with van der Waals surface area (Å²) in [6.07, 6.45) is 0. The van der Waals surface area contributed by atoms with Gasteiger partial charge in [-0.15, -0.1) is 0 Å². The quantitative estimate of drug-likeness (QED) is 0.295. The Morgan fingerprint density at radius 2 is 1.42 bits per heavy atom. The molecule has 0 aliphatic carbocycles. The summed E-state index contributed by atoms with van der Waals surface area (Å²) in [6, 6.07) is 0. The van der Waals surface area contributed by atoms with Crippen LogP contribution in [0.2, 0.25) is 0 Å². The lowest BCUT2D eigenvalue weighted by Crippen LogP contribution is -2.29. The smallest absolute Gasteiger partial charge is 0.414 e. The molecule has 12 heavy (non-hydrogen) atoms. The highest BCUT2D eigenvalue weighted by molar-refractivity contribution is 6.27. The van der Waals surface area contributed by atoms with E-state index < -0.39 is 11.9 Å². The SMILES string of the molecule is CCN(N)CC.O=C(O)C(=O)O. The van der Waals surface area contributed by atoms with Crippen molar-refractivity contribution in [2.24, 2.45) is 5.84 Å². The van der Waals surface area contributed by atoms with Crippen LogP contribution in [0.1, 0.15) is 13.8 Å². The second kappa shape index (κ2) is 7.96. The van der Waals surface area contributed by atoms with Gasteiger partial charge in [0.15, 0.2) is 0 Å². The van der Waals surface area contributed by atoms with E-state index in [1.54, 1.807) is 5.01 Å². The maximum atomic E-state index is 9.10. The predicted octanol–water partition coefficient (Wildman–Crippen LogP) is -0.642. The van der Waals surface area contributed by atoms with Crippen molar-refractivity contribution in [3.8, 4) is 0 Å². The van der Waals surface area contributed by atoms with Crippen LogP contribution in [0.15, 0.2) is 0 Å². The summed E-state index contributed by atoms with van der Waals surface area (Å²) in [5.74, 6) is 1.66. The fraction of sp³-hybridized carbons (Fsp3) is 0.667. The average molecular weight is 178 g/mol. The summed E-state index contributed by atoms with van der Waals surface area (Å²) in [5.41, 5.74) is 0. The van der Waals surface area contributed by atoms with Gasteiger partial charge in [0.2, 0.25) is 0 Å². The Balaban J connectivity index is 0. The summed E-state index contributed by atoms with van der Waals surface area (Å²) in [4.78, 5) is 18.2. The van der Waals surface area contributed by atoms with Crippen LogP contribution in [0.3, 0.4) is 0 Å². The van der Waals surface area contributed by atoms with E-state index in [4.69, 9.17) is 25.6 Å². The molecule has 0 rings (SSSR count). The fourth-order valence-electron chi connectivity index (χ4n) is 0.224. The molecule has 0 saturated heterocycles. The summed E-state index contributed by atoms with van der Waals surface area (Å²) >= 11 is 0. The molecule has 0 radical (unpaired) electrons. The van der Waals surface area contributed by atoms with Crippen LogP contribution < -0.4 is 5.84 Å². The maximum absolute atomic E-state index is 9.10. The Morgan fingerprint density at radius 3 is 1.42 bits per heavy atom. The predicted molar refractivity (Wildman–Crippen MR) is 42.4 cm³/mol. The molecule has 0 aliphatic rings. The highest BCUT2D eigenvalue weighted by atomic mass is 16.4. The molecule has 0 aliphatic heterocycles. The van der Waals surface area contributed by atoms with Gasteiger partial charge in [-0.05, 0) is 0 Å². The van der Waals surface area contributed by atoms with Gasteiger partial charge in [-0.25, -0.2) is 14.6 Å². The molecule has 0 amide bonds. The first-order valence-corrected chi connectivity index (χ1v) is 3.41. The zero-order valence-electron chi connectivity index (χ0n) is 7.15. The topological polar surface area (TPSA) is 104 Å². The van der Waals surface area contributed by atoms with Crippen molar-refractivity contribution >= 4 is 11.9 Å². The van der Waals surface area contributed by atoms with Crippen molar-refractivity contribution in [1.82, 2.24) is 5.01 Å². The fourth-order valence-corrected chi connectivity index (χ4v) is 0.224. The molecule has 0 atom stereocenters. The molecule has 6 heteroatoms. The van der Waals surface area contributed by atoms with E-state index in [-0.39, 0.29) is 0 Å². The molecule has 0 aromatic heterocycles. The van der Waals surface area contributed by atoms with E-state index in [2.05, 4.69) is 0 Å². The highest BCUT2D eigenvalue weighted by Crippen LogP contribution is 1.68. The summed E-state index contributed by atoms with van der Waals surface area (Å²) in [5, 5.41) is 16.5. The van der Waals surface area contributed by atoms with Crippen LogP contribution in [-0.4, -0.2) is 40.3 Å². The molecule has 0 aromatic carbocycles. The van der Waals surface area contributed by atoms with E-state index in [1.165, 1.54) is 0 Å². The number of nitrogens with zero attached hydrogens (tertiary/aromatic N) is 1. The number of carboxylic acids is 2. The van der Waals surface area contributed by atoms with E-state index >= 15 is 0 Å². The highest BCUT2D eigenvalue weighted by Gasteiger charge is 2.04. The summed E-state index contributed by atoms with van der Waals surface area (Å²) < 4.78 is 0. The molecule has 0 unspecified atom stereocenters. The third-order valence-electron chi connectivity index (χ3n) is 0.995. The molecule has 0 fully saturated rings. The zero-order chi connectivity index (χ0) is 10.1. The number of hydrazine groups is 1. The van der Waals surface area contributed by atoms with Gasteiger partial charge in [-0.2, -0.15) is 0 Å². The van der Waals surface area contributed by atoms with Crippen molar-refractivity contribution in [2.75, 3.05) is 13.1 Å². The molecule has 72 valence electrons. The van der Waals surface area contributed by atoms with Gasteiger partial charge in [0.25, 0.3) is 0 Å². The largest absolute Gasteiger partial charge is 0.473 e. The molecule has 6 nitrogen and oxygen atoms in total. The average Bonchev–Trinajstić information content (AvgIpc) is 2.04. The molecule has 0 bridgehead atoms. The van der Waals surface area contributed by atoms with E-state index in [0.717, 1.165) is 13.1 Å². The molecule has 4 N–H and O–H groups in total. The van der Waals surface area contributed by atoms with E-state index in [0.29, 0.717) is 0 Å². The van der Waals surface area contributed by atoms with Crippen LogP contribution in [-0.2, 0) is 9.59 Å². The minimum atomic E-state index is -1.82. The standard InChI is InChI=1S/C4H12N2.C2H2O4/c1-3-6(5)4-2;3-1(4)2(5)6/h3-5H2,1-2H3;(H,3,4)(H,5,6). The molecule has 0 spiro atoms. The normalized spacial score (nSPS) is 8.67. The number of aliphatic carboxylic acids is 2. The lowest BCUT2D eigenvalue weighted by molar-refractivity contribution is -0.159. The van der Waals surface area contributed by atoms with Crippen molar-refractivity contribution < 1.29 is 19.8 Å². The molecular weight excluding hydrogens is 164 g/mol. The Hall–Kier alpha value is -1.14. The molecule has 0 aromatic rings. The number of hydrogen-bond donors (Lipinski definition) is 3. The molecule has 0 heterocycles. The lowest BCUT2D eigenvalue weighted by Gasteiger charge is -2.07. The van der Waals surface area contributed by atoms with Crippen LogP contribution >= 0.6 is 0 Å². The first kappa shape index (κ1) is 13.4. The van der Waals surface area contributed by atoms with E-state index in [9.17, 15) is 0 Å². The number of hydrogen-bond acceptors (Lipinski definition) is 4. The van der Waals surface area contributed by atoms with Crippen LogP contribution in [0, 0.1) is 0 Å². The number of carboxylic acid groups (broad SMARTS) is 2. The first-order chi connectivity index (χ1) is 5.45. The van der Waals surface area contributed by atoms with E-state index in [1.807, 2.05) is 13.8 Å². The Bertz CT molecular complexity index is 132. The molecular formula is C6H14N2O4. The minimum Gasteiger partial charge on any atom is -0.473 e. The Labute approximate surface area is 70.6 Å². The third kappa shape index (κ3) is 11.6. The Morgan fingerprint density at radius 1 is 1.17 bits per heavy atom. The van der Waals surface area contributed by atoms with Gasteiger partial charge in [-0.1, -0.05) is 13.8 Å². The van der Waals surface area contributed by atoms with Gasteiger partial charge in [0.05, 0.1) is 0 Å². The van der Waals surface area contributed by atoms with Gasteiger partial charge in [0.1, 0.15) is 0 Å². The minimum absolute atomic E-state index is 0.941. The monoisotopic (exact) mass is 178 g/mol. The summed E-state index contributed by atoms with van der Waals surface area (Å²) in [6.45, 7) is 5.94. The van der Waals surface area contributed by atoms with Crippen molar-refractivity contribution in [1.29, 1.82) is 0 Å². The Kier molecular flexibility index (Phi) is 8.92. The maximum Gasteiger partial charge on any atom is 0.414 e. The number of rotatable bonds is 2. The van der Waals surface area contributed by atoms with Gasteiger partial charge >= 0.3 is 11.9 Å². The van der Waals surface area contributed by atoms with Crippen LogP contribution in [0.4, 0.5) is 0 Å². The first-order valence-electron chi connectivity index (χ1n) is 3.41. The lowest BCUT2D eigenvalue weighted by atomic mass is 10.6. The van der Waals surface area contributed by atoms with Crippen molar-refractivity contribution in [3.05, 3.63) is 0 Å². The van der Waals surface area contributed by atoms with Crippen LogP contribution in [0.5, 0.6) is 0 Å². The third-order valence-corrected chi connectivity index (χ3v) is 0.995. The molecule has 0 saturated carbocycles. The second-order valence-electron chi connectivity index (χ2n) is 1.83. The van der Waals surface area contributed by atoms with Gasteiger partial charge in [0, 0.05) is 13.1 Å². The van der Waals surface area contributed by atoms with Crippen molar-refractivity contribution in [3.63, 3.8) is 0 Å². The number of carbonyl (C=O) groups is 2. The van der Waals surface area contributed by atoms with Crippen molar-refractivity contribution in [2.45, 2.75) is 13.8 Å². The summed E-state index contributed by atoms with van der Waals surface area (Å²) in [7, 11) is 0. The zero-order valence-corrected chi connectivity index (χ0v) is 7.15. The van der Waals surface area contributed by atoms with Gasteiger partial charge < -0.3 is 10.2 Å².